The Morgan fingerprint density at radius 1 is 1.41 bits per heavy atom. The lowest BCUT2D eigenvalue weighted by molar-refractivity contribution is -0.385. The Labute approximate surface area is 155 Å². The molecule has 0 aliphatic rings. The molecule has 9 nitrogen and oxygen atoms in total. The van der Waals surface area contributed by atoms with Crippen LogP contribution in [0.25, 0.3) is 0 Å². The van der Waals surface area contributed by atoms with E-state index < -0.39 is 22.7 Å². The van der Waals surface area contributed by atoms with E-state index in [1.807, 2.05) is 18.4 Å². The first kappa shape index (κ1) is 20.1. The van der Waals surface area contributed by atoms with Gasteiger partial charge < -0.3 is 9.30 Å². The molecule has 142 valence electrons. The van der Waals surface area contributed by atoms with Crippen LogP contribution in [0.5, 0.6) is 0 Å². The number of rotatable bonds is 7. The number of ether oxygens (including phenoxy) is 1. The average molecular weight is 372 g/mol. The highest BCUT2D eigenvalue weighted by molar-refractivity contribution is 5.97. The quantitative estimate of drug-likeness (QED) is 0.417. The summed E-state index contributed by atoms with van der Waals surface area (Å²) in [5.41, 5.74) is 0.477. The summed E-state index contributed by atoms with van der Waals surface area (Å²) in [5, 5.41) is 20.0. The number of hydrogen-bond donors (Lipinski definition) is 0. The van der Waals surface area contributed by atoms with E-state index in [9.17, 15) is 19.7 Å². The molecule has 2 rings (SSSR count). The molecule has 0 bridgehead atoms. The topological polar surface area (TPSA) is 120 Å². The molecule has 0 aliphatic heterocycles. The minimum atomic E-state index is -0.738. The van der Waals surface area contributed by atoms with Crippen LogP contribution in [-0.4, -0.2) is 33.6 Å². The molecule has 0 amide bonds. The maximum Gasteiger partial charge on any atom is 0.287 e. The summed E-state index contributed by atoms with van der Waals surface area (Å²) in [6.45, 7) is 5.70. The van der Waals surface area contributed by atoms with Gasteiger partial charge in [-0.2, -0.15) is 5.26 Å². The maximum atomic E-state index is 12.8. The van der Waals surface area contributed by atoms with Gasteiger partial charge in [0.2, 0.25) is 0 Å². The fourth-order valence-corrected chi connectivity index (χ4v) is 3.21. The summed E-state index contributed by atoms with van der Waals surface area (Å²) in [4.78, 5) is 35.3. The number of carbonyl (C=O) groups is 1. The van der Waals surface area contributed by atoms with Crippen molar-refractivity contribution >= 4 is 11.5 Å². The molecule has 0 fully saturated rings. The average Bonchev–Trinajstić information content (AvgIpc) is 2.91. The third-order valence-corrected chi connectivity index (χ3v) is 4.35. The van der Waals surface area contributed by atoms with Gasteiger partial charge in [-0.15, -0.1) is 0 Å². The Kier molecular flexibility index (Phi) is 5.92. The second-order valence-corrected chi connectivity index (χ2v) is 6.30. The van der Waals surface area contributed by atoms with Crippen LogP contribution in [0, 0.1) is 35.3 Å². The van der Waals surface area contributed by atoms with Crippen LogP contribution in [0.1, 0.15) is 40.3 Å². The molecule has 0 spiro atoms. The highest BCUT2D eigenvalue weighted by atomic mass is 16.6. The highest BCUT2D eigenvalue weighted by Crippen LogP contribution is 2.21. The fourth-order valence-electron chi connectivity index (χ4n) is 3.21. The fraction of sp³-hybridized carbons (Fsp3) is 0.389. The van der Waals surface area contributed by atoms with E-state index in [1.54, 1.807) is 26.2 Å². The second-order valence-electron chi connectivity index (χ2n) is 6.30. The zero-order valence-electron chi connectivity index (χ0n) is 15.6. The summed E-state index contributed by atoms with van der Waals surface area (Å²) in [7, 11) is 1.60. The van der Waals surface area contributed by atoms with Crippen LogP contribution in [-0.2, 0) is 11.3 Å². The summed E-state index contributed by atoms with van der Waals surface area (Å²) in [6, 6.07) is 4.27. The molecule has 0 unspecified atom stereocenters. The molecule has 0 N–H and O–H groups in total. The predicted molar refractivity (Wildman–Crippen MR) is 96.9 cm³/mol. The number of aromatic nitrogens is 2. The van der Waals surface area contributed by atoms with Crippen molar-refractivity contribution in [3.8, 4) is 6.07 Å². The van der Waals surface area contributed by atoms with Crippen molar-refractivity contribution in [1.82, 2.24) is 9.13 Å². The Hall–Kier alpha value is -3.25. The summed E-state index contributed by atoms with van der Waals surface area (Å²) in [6.07, 6.45) is 0.980. The van der Waals surface area contributed by atoms with E-state index in [4.69, 9.17) is 10.00 Å². The van der Waals surface area contributed by atoms with Crippen molar-refractivity contribution < 1.29 is 14.5 Å². The first-order valence-corrected chi connectivity index (χ1v) is 8.20. The van der Waals surface area contributed by atoms with Crippen LogP contribution in [0.4, 0.5) is 5.69 Å². The third-order valence-electron chi connectivity index (χ3n) is 4.35. The van der Waals surface area contributed by atoms with E-state index in [0.29, 0.717) is 12.2 Å². The molecule has 2 heterocycles. The number of nitrogens with zero attached hydrogens (tertiary/aromatic N) is 4. The van der Waals surface area contributed by atoms with Crippen molar-refractivity contribution in [2.45, 2.75) is 33.4 Å². The number of carbonyl (C=O) groups excluding carboxylic acids is 1. The van der Waals surface area contributed by atoms with Crippen molar-refractivity contribution in [1.29, 1.82) is 5.26 Å². The number of aryl methyl sites for hydroxylation is 1. The largest absolute Gasteiger partial charge is 0.383 e. The summed E-state index contributed by atoms with van der Waals surface area (Å²) < 4.78 is 8.04. The Bertz CT molecular complexity index is 996. The van der Waals surface area contributed by atoms with Gasteiger partial charge in [0.05, 0.1) is 30.3 Å². The monoisotopic (exact) mass is 372 g/mol. The molecule has 27 heavy (non-hydrogen) atoms. The van der Waals surface area contributed by atoms with Gasteiger partial charge in [-0.25, -0.2) is 0 Å². The molecule has 9 heteroatoms. The molecule has 1 atom stereocenters. The van der Waals surface area contributed by atoms with Gasteiger partial charge >= 0.3 is 0 Å². The van der Waals surface area contributed by atoms with E-state index in [0.717, 1.165) is 28.2 Å². The van der Waals surface area contributed by atoms with E-state index >= 15 is 0 Å². The van der Waals surface area contributed by atoms with Crippen LogP contribution in [0.2, 0.25) is 0 Å². The van der Waals surface area contributed by atoms with Crippen LogP contribution in [0.3, 0.4) is 0 Å². The van der Waals surface area contributed by atoms with Crippen molar-refractivity contribution in [3.05, 3.63) is 61.3 Å². The van der Waals surface area contributed by atoms with Gasteiger partial charge in [0, 0.05) is 30.1 Å². The molecule has 2 aromatic rings. The molecule has 0 radical (unpaired) electrons. The van der Waals surface area contributed by atoms with E-state index in [1.165, 1.54) is 0 Å². The SMILES string of the molecule is COC[C@@H](C)n1c(C)cc(C(=O)Cn2cc([N+](=O)[O-])cc(C#N)c2=O)c1C. The number of nitro groups is 1. The highest BCUT2D eigenvalue weighted by Gasteiger charge is 2.21. The zero-order valence-corrected chi connectivity index (χ0v) is 15.6. The first-order chi connectivity index (χ1) is 12.7. The van der Waals surface area contributed by atoms with Gasteiger partial charge in [0.1, 0.15) is 11.6 Å². The number of ketones is 1. The van der Waals surface area contributed by atoms with Gasteiger partial charge in [-0.1, -0.05) is 0 Å². The minimum absolute atomic E-state index is 0.0160. The van der Waals surface area contributed by atoms with Crippen molar-refractivity contribution in [3.63, 3.8) is 0 Å². The second kappa shape index (κ2) is 7.97. The van der Waals surface area contributed by atoms with Gasteiger partial charge in [-0.05, 0) is 26.8 Å². The molecule has 0 aromatic carbocycles. The third kappa shape index (κ3) is 3.96. The van der Waals surface area contributed by atoms with Crippen LogP contribution >= 0.6 is 0 Å². The number of Topliss-reactive ketones (excluding diaryl/α,β-unsaturated/α-hetero) is 1. The lowest BCUT2D eigenvalue weighted by atomic mass is 10.1. The molecular weight excluding hydrogens is 352 g/mol. The van der Waals surface area contributed by atoms with E-state index in [-0.39, 0.29) is 17.4 Å². The molecule has 0 saturated carbocycles. The van der Waals surface area contributed by atoms with Crippen LogP contribution < -0.4 is 5.56 Å². The van der Waals surface area contributed by atoms with Gasteiger partial charge in [0.15, 0.2) is 5.78 Å². The van der Waals surface area contributed by atoms with Crippen LogP contribution in [0.15, 0.2) is 23.1 Å². The molecule has 0 saturated heterocycles. The Morgan fingerprint density at radius 3 is 2.63 bits per heavy atom. The Balaban J connectivity index is 2.43. The lowest BCUT2D eigenvalue weighted by Gasteiger charge is -2.17. The smallest absolute Gasteiger partial charge is 0.287 e. The van der Waals surface area contributed by atoms with Gasteiger partial charge in [0.25, 0.3) is 11.2 Å². The number of pyridine rings is 1. The number of hydrogen-bond acceptors (Lipinski definition) is 6. The first-order valence-electron chi connectivity index (χ1n) is 8.20. The van der Waals surface area contributed by atoms with Gasteiger partial charge in [-0.3, -0.25) is 24.3 Å². The van der Waals surface area contributed by atoms with Crippen molar-refractivity contribution in [2.75, 3.05) is 13.7 Å². The minimum Gasteiger partial charge on any atom is -0.383 e. The molecule has 2 aromatic heterocycles. The predicted octanol–water partition coefficient (Wildman–Crippen LogP) is 2.14. The summed E-state index contributed by atoms with van der Waals surface area (Å²) >= 11 is 0. The maximum absolute atomic E-state index is 12.8. The standard InChI is InChI=1S/C18H20N4O5/c1-11-5-16(13(3)21(11)12(2)10-27-4)17(23)9-20-8-15(22(25)26)6-14(7-19)18(20)24/h5-6,8,12H,9-10H2,1-4H3/t12-/m1/s1. The molecular formula is C18H20N4O5. The van der Waals surface area contributed by atoms with Crippen molar-refractivity contribution in [2.24, 2.45) is 0 Å². The zero-order chi connectivity index (χ0) is 20.3. The number of methoxy groups -OCH3 is 1. The normalized spacial score (nSPS) is 11.8. The number of nitriles is 1. The Morgan fingerprint density at radius 2 is 2.07 bits per heavy atom. The van der Waals surface area contributed by atoms with E-state index in [2.05, 4.69) is 0 Å². The summed E-state index contributed by atoms with van der Waals surface area (Å²) in [5.74, 6) is -0.370. The molecule has 0 aliphatic carbocycles. The lowest BCUT2D eigenvalue weighted by Crippen LogP contribution is -2.26.